The molecular weight excluding hydrogens is 220 g/mol. The van der Waals surface area contributed by atoms with E-state index in [0.29, 0.717) is 11.7 Å². The van der Waals surface area contributed by atoms with Crippen molar-refractivity contribution in [3.8, 4) is 0 Å². The number of hydrogen-bond acceptors (Lipinski definition) is 5. The molecule has 0 fully saturated rings. The van der Waals surface area contributed by atoms with Crippen LogP contribution in [0.15, 0.2) is 15.4 Å². The van der Waals surface area contributed by atoms with Crippen LogP contribution in [0, 0.1) is 6.92 Å². The normalized spacial score (nSPS) is 19.0. The molecule has 6 nitrogen and oxygen atoms in total. The molecule has 1 atom stereocenters. The van der Waals surface area contributed by atoms with Crippen molar-refractivity contribution in [3.05, 3.63) is 39.4 Å². The quantitative estimate of drug-likeness (QED) is 0.783. The lowest BCUT2D eigenvalue weighted by Crippen LogP contribution is -2.19. The van der Waals surface area contributed by atoms with Gasteiger partial charge < -0.3 is 4.52 Å². The number of nitrogens with zero attached hydrogens (tertiary/aromatic N) is 3. The number of rotatable bonds is 1. The summed E-state index contributed by atoms with van der Waals surface area (Å²) in [4.78, 5) is 15.5. The van der Waals surface area contributed by atoms with Crippen molar-refractivity contribution in [3.63, 3.8) is 0 Å². The van der Waals surface area contributed by atoms with Crippen LogP contribution >= 0.6 is 0 Å². The van der Waals surface area contributed by atoms with Gasteiger partial charge in [-0.05, 0) is 31.7 Å². The van der Waals surface area contributed by atoms with Gasteiger partial charge in [-0.15, -0.1) is 0 Å². The molecule has 17 heavy (non-hydrogen) atoms. The van der Waals surface area contributed by atoms with E-state index in [1.165, 1.54) is 0 Å². The topological polar surface area (TPSA) is 84.7 Å². The van der Waals surface area contributed by atoms with Crippen LogP contribution < -0.4 is 5.56 Å². The van der Waals surface area contributed by atoms with Crippen LogP contribution in [0.2, 0.25) is 0 Å². The number of aromatic amines is 1. The molecule has 6 heteroatoms. The summed E-state index contributed by atoms with van der Waals surface area (Å²) in [5.74, 6) is 1.51. The van der Waals surface area contributed by atoms with Crippen LogP contribution in [0.5, 0.6) is 0 Å². The largest absolute Gasteiger partial charge is 0.339 e. The zero-order valence-corrected chi connectivity index (χ0v) is 9.43. The Kier molecular flexibility index (Phi) is 2.28. The van der Waals surface area contributed by atoms with Gasteiger partial charge in [-0.2, -0.15) is 10.1 Å². The maximum Gasteiger partial charge on any atom is 0.264 e. The van der Waals surface area contributed by atoms with E-state index in [4.69, 9.17) is 4.52 Å². The zero-order valence-electron chi connectivity index (χ0n) is 9.43. The number of hydrogen-bond donors (Lipinski definition) is 1. The standard InChI is InChI=1S/C11H12N4O2/c1-6-12-11(17-15-6)7-2-3-9-8(4-7)5-10(16)14-13-9/h5,7H,2-4H2,1H3,(H,14,16)/t7-/m0/s1. The molecule has 2 aromatic rings. The molecule has 0 amide bonds. The van der Waals surface area contributed by atoms with Gasteiger partial charge in [0.2, 0.25) is 5.89 Å². The Labute approximate surface area is 97.1 Å². The average molecular weight is 232 g/mol. The maximum atomic E-state index is 11.2. The summed E-state index contributed by atoms with van der Waals surface area (Å²) < 4.78 is 5.18. The molecule has 88 valence electrons. The van der Waals surface area contributed by atoms with Crippen LogP contribution in [0.25, 0.3) is 0 Å². The number of H-pyrrole nitrogens is 1. The number of aromatic nitrogens is 4. The molecule has 1 aliphatic rings. The van der Waals surface area contributed by atoms with Crippen LogP contribution in [-0.2, 0) is 12.8 Å². The van der Waals surface area contributed by atoms with E-state index in [0.717, 1.165) is 30.5 Å². The van der Waals surface area contributed by atoms with E-state index in [1.54, 1.807) is 13.0 Å². The van der Waals surface area contributed by atoms with Crippen LogP contribution in [-0.4, -0.2) is 20.3 Å². The van der Waals surface area contributed by atoms with Crippen molar-refractivity contribution in [2.75, 3.05) is 0 Å². The monoisotopic (exact) mass is 232 g/mol. The van der Waals surface area contributed by atoms with Crippen molar-refractivity contribution in [1.29, 1.82) is 0 Å². The average Bonchev–Trinajstić information content (AvgIpc) is 2.75. The van der Waals surface area contributed by atoms with Gasteiger partial charge in [0.05, 0.1) is 5.69 Å². The van der Waals surface area contributed by atoms with Crippen molar-refractivity contribution in [2.24, 2.45) is 0 Å². The highest BCUT2D eigenvalue weighted by Gasteiger charge is 2.25. The molecule has 1 aliphatic carbocycles. The summed E-state index contributed by atoms with van der Waals surface area (Å²) in [6.07, 6.45) is 2.50. The Morgan fingerprint density at radius 2 is 2.41 bits per heavy atom. The third-order valence-electron chi connectivity index (χ3n) is 3.07. The molecule has 0 saturated heterocycles. The molecule has 0 radical (unpaired) electrons. The molecule has 2 aromatic heterocycles. The van der Waals surface area contributed by atoms with Crippen molar-refractivity contribution < 1.29 is 4.52 Å². The predicted octanol–water partition coefficient (Wildman–Crippen LogP) is 0.734. The smallest absolute Gasteiger partial charge is 0.264 e. The van der Waals surface area contributed by atoms with Crippen molar-refractivity contribution in [2.45, 2.75) is 32.1 Å². The summed E-state index contributed by atoms with van der Waals surface area (Å²) in [7, 11) is 0. The molecular formula is C11H12N4O2. The summed E-state index contributed by atoms with van der Waals surface area (Å²) in [5, 5.41) is 10.3. The summed E-state index contributed by atoms with van der Waals surface area (Å²) in [5.41, 5.74) is 1.80. The molecule has 0 saturated carbocycles. The van der Waals surface area contributed by atoms with E-state index < -0.39 is 0 Å². The molecule has 0 aliphatic heterocycles. The maximum absolute atomic E-state index is 11.2. The predicted molar refractivity (Wildman–Crippen MR) is 58.7 cm³/mol. The summed E-state index contributed by atoms with van der Waals surface area (Å²) in [6.45, 7) is 1.80. The third kappa shape index (κ3) is 1.86. The highest BCUT2D eigenvalue weighted by atomic mass is 16.5. The first kappa shape index (κ1) is 10.2. The van der Waals surface area contributed by atoms with Gasteiger partial charge >= 0.3 is 0 Å². The van der Waals surface area contributed by atoms with E-state index in [1.807, 2.05) is 0 Å². The zero-order chi connectivity index (χ0) is 11.8. The van der Waals surface area contributed by atoms with Crippen LogP contribution in [0.1, 0.15) is 35.3 Å². The highest BCUT2D eigenvalue weighted by Crippen LogP contribution is 2.29. The van der Waals surface area contributed by atoms with E-state index in [-0.39, 0.29) is 11.5 Å². The number of nitrogens with one attached hydrogen (secondary N) is 1. The van der Waals surface area contributed by atoms with Gasteiger partial charge in [0.15, 0.2) is 5.82 Å². The first-order valence-electron chi connectivity index (χ1n) is 5.60. The lowest BCUT2D eigenvalue weighted by atomic mass is 9.87. The van der Waals surface area contributed by atoms with Gasteiger partial charge in [-0.1, -0.05) is 5.16 Å². The molecule has 0 aromatic carbocycles. The fraction of sp³-hybridized carbons (Fsp3) is 0.455. The van der Waals surface area contributed by atoms with Gasteiger partial charge in [0.25, 0.3) is 5.56 Å². The van der Waals surface area contributed by atoms with Crippen LogP contribution in [0.4, 0.5) is 0 Å². The molecule has 0 unspecified atom stereocenters. The lowest BCUT2D eigenvalue weighted by molar-refractivity contribution is 0.337. The summed E-state index contributed by atoms with van der Waals surface area (Å²) >= 11 is 0. The molecule has 2 heterocycles. The number of fused-ring (bicyclic) bond motifs is 1. The Morgan fingerprint density at radius 3 is 3.18 bits per heavy atom. The first-order valence-corrected chi connectivity index (χ1v) is 5.60. The minimum Gasteiger partial charge on any atom is -0.339 e. The van der Waals surface area contributed by atoms with Gasteiger partial charge in [-0.3, -0.25) is 4.79 Å². The second-order valence-corrected chi connectivity index (χ2v) is 4.32. The fourth-order valence-electron chi connectivity index (χ4n) is 2.23. The minimum atomic E-state index is -0.161. The fourth-order valence-corrected chi connectivity index (χ4v) is 2.23. The Bertz CT molecular complexity index is 602. The van der Waals surface area contributed by atoms with Crippen molar-refractivity contribution >= 4 is 0 Å². The van der Waals surface area contributed by atoms with Gasteiger partial charge in [0, 0.05) is 12.0 Å². The Hall–Kier alpha value is -1.98. The van der Waals surface area contributed by atoms with Gasteiger partial charge in [-0.25, -0.2) is 5.10 Å². The Morgan fingerprint density at radius 1 is 1.53 bits per heavy atom. The first-order chi connectivity index (χ1) is 8.22. The lowest BCUT2D eigenvalue weighted by Gasteiger charge is -2.19. The minimum absolute atomic E-state index is 0.161. The third-order valence-corrected chi connectivity index (χ3v) is 3.07. The second kappa shape index (κ2) is 3.80. The van der Waals surface area contributed by atoms with E-state index in [2.05, 4.69) is 20.3 Å². The molecule has 3 rings (SSSR count). The summed E-state index contributed by atoms with van der Waals surface area (Å²) in [6, 6.07) is 1.61. The Balaban J connectivity index is 1.92. The van der Waals surface area contributed by atoms with Crippen molar-refractivity contribution in [1.82, 2.24) is 20.3 Å². The molecule has 1 N–H and O–H groups in total. The second-order valence-electron chi connectivity index (χ2n) is 4.32. The highest BCUT2D eigenvalue weighted by molar-refractivity contribution is 5.23. The molecule has 0 spiro atoms. The van der Waals surface area contributed by atoms with Gasteiger partial charge in [0.1, 0.15) is 0 Å². The molecule has 0 bridgehead atoms. The van der Waals surface area contributed by atoms with E-state index in [9.17, 15) is 4.79 Å². The SMILES string of the molecule is Cc1noc([C@H]2CCc3n[nH]c(=O)cc3C2)n1. The number of aryl methyl sites for hydroxylation is 2. The van der Waals surface area contributed by atoms with Crippen LogP contribution in [0.3, 0.4) is 0 Å². The van der Waals surface area contributed by atoms with E-state index >= 15 is 0 Å².